The molecule has 196 valence electrons. The Labute approximate surface area is 217 Å². The third kappa shape index (κ3) is 4.13. The van der Waals surface area contributed by atoms with Crippen molar-refractivity contribution in [1.29, 1.82) is 0 Å². The van der Waals surface area contributed by atoms with Crippen LogP contribution in [-0.2, 0) is 19.9 Å². The monoisotopic (exact) mass is 505 g/mol. The maximum atomic E-state index is 14.0. The van der Waals surface area contributed by atoms with Gasteiger partial charge in [0.1, 0.15) is 0 Å². The molecule has 3 heterocycles. The van der Waals surface area contributed by atoms with Gasteiger partial charge in [-0.05, 0) is 49.1 Å². The molecule has 0 spiro atoms. The normalized spacial score (nSPS) is 21.2. The van der Waals surface area contributed by atoms with Gasteiger partial charge in [-0.1, -0.05) is 31.2 Å². The van der Waals surface area contributed by atoms with E-state index in [0.29, 0.717) is 44.2 Å². The summed E-state index contributed by atoms with van der Waals surface area (Å²) in [6.07, 6.45) is 1.58. The van der Waals surface area contributed by atoms with Crippen LogP contribution in [0.2, 0.25) is 0 Å². The molecule has 37 heavy (non-hydrogen) atoms. The molecule has 1 fully saturated rings. The Hall–Kier alpha value is -3.52. The van der Waals surface area contributed by atoms with E-state index in [1.807, 2.05) is 43.3 Å². The Kier molecular flexibility index (Phi) is 6.86. The van der Waals surface area contributed by atoms with Crippen LogP contribution < -0.4 is 9.47 Å². The van der Waals surface area contributed by atoms with E-state index in [-0.39, 0.29) is 24.3 Å². The van der Waals surface area contributed by atoms with Crippen molar-refractivity contribution < 1.29 is 23.8 Å². The number of nitrogens with one attached hydrogen (secondary N) is 1. The molecule has 2 unspecified atom stereocenters. The first-order chi connectivity index (χ1) is 17.9. The molecule has 8 nitrogen and oxygen atoms in total. The lowest BCUT2D eigenvalue weighted by molar-refractivity contribution is -0.166. The van der Waals surface area contributed by atoms with Gasteiger partial charge in [0.05, 0.1) is 26.0 Å². The Morgan fingerprint density at radius 3 is 2.65 bits per heavy atom. The van der Waals surface area contributed by atoms with Crippen molar-refractivity contribution in [1.82, 2.24) is 14.8 Å². The van der Waals surface area contributed by atoms with Crippen molar-refractivity contribution in [3.8, 4) is 11.5 Å². The van der Waals surface area contributed by atoms with E-state index in [1.54, 1.807) is 24.0 Å². The molecular weight excluding hydrogens is 470 g/mol. The highest BCUT2D eigenvalue weighted by molar-refractivity contribution is 6.01. The van der Waals surface area contributed by atoms with Crippen LogP contribution in [0.3, 0.4) is 0 Å². The van der Waals surface area contributed by atoms with Crippen molar-refractivity contribution in [3.05, 3.63) is 59.3 Å². The van der Waals surface area contributed by atoms with Crippen LogP contribution in [0.1, 0.15) is 49.4 Å². The highest BCUT2D eigenvalue weighted by Gasteiger charge is 2.56. The number of hydrogen-bond donors (Lipinski definition) is 1. The van der Waals surface area contributed by atoms with E-state index in [9.17, 15) is 9.59 Å². The molecule has 2 aliphatic rings. The number of fused-ring (bicyclic) bond motifs is 5. The summed E-state index contributed by atoms with van der Waals surface area (Å²) >= 11 is 0. The summed E-state index contributed by atoms with van der Waals surface area (Å²) in [6.45, 7) is 6.05. The summed E-state index contributed by atoms with van der Waals surface area (Å²) < 4.78 is 16.7. The van der Waals surface area contributed by atoms with Gasteiger partial charge in [-0.2, -0.15) is 0 Å². The van der Waals surface area contributed by atoms with Gasteiger partial charge in [-0.3, -0.25) is 9.59 Å². The number of methoxy groups -OCH3 is 2. The SMILES string of the molecule is CCCOc1ccc(C2CN3C(=O)CN(CCCOC)C(=O)C3(C)c3[nH]c4ccccc4c32)cc1OC. The smallest absolute Gasteiger partial charge is 0.254 e. The third-order valence-electron chi connectivity index (χ3n) is 7.65. The third-order valence-corrected chi connectivity index (χ3v) is 7.65. The molecule has 5 rings (SSSR count). The first-order valence-corrected chi connectivity index (χ1v) is 12.9. The Morgan fingerprint density at radius 2 is 1.89 bits per heavy atom. The maximum Gasteiger partial charge on any atom is 0.254 e. The van der Waals surface area contributed by atoms with Crippen molar-refractivity contribution in [2.24, 2.45) is 0 Å². The summed E-state index contributed by atoms with van der Waals surface area (Å²) in [7, 11) is 3.28. The van der Waals surface area contributed by atoms with Crippen LogP contribution in [0.5, 0.6) is 11.5 Å². The van der Waals surface area contributed by atoms with E-state index in [1.165, 1.54) is 0 Å². The van der Waals surface area contributed by atoms with Crippen molar-refractivity contribution in [3.63, 3.8) is 0 Å². The fraction of sp³-hybridized carbons (Fsp3) is 0.448. The summed E-state index contributed by atoms with van der Waals surface area (Å²) in [5, 5.41) is 1.06. The molecule has 1 saturated heterocycles. The minimum Gasteiger partial charge on any atom is -0.493 e. The largest absolute Gasteiger partial charge is 0.493 e. The number of nitrogens with zero attached hydrogens (tertiary/aromatic N) is 2. The van der Waals surface area contributed by atoms with Crippen LogP contribution in [0.4, 0.5) is 0 Å². The minimum absolute atomic E-state index is 0.0521. The van der Waals surface area contributed by atoms with Gasteiger partial charge >= 0.3 is 0 Å². The average Bonchev–Trinajstić information content (AvgIpc) is 3.31. The molecular formula is C29H35N3O5. The first-order valence-electron chi connectivity index (χ1n) is 12.9. The topological polar surface area (TPSA) is 84.1 Å². The molecule has 2 aliphatic heterocycles. The summed E-state index contributed by atoms with van der Waals surface area (Å²) in [6, 6.07) is 14.1. The van der Waals surface area contributed by atoms with E-state index in [4.69, 9.17) is 14.2 Å². The van der Waals surface area contributed by atoms with Crippen LogP contribution in [0.25, 0.3) is 10.9 Å². The Balaban J connectivity index is 1.63. The number of hydrogen-bond acceptors (Lipinski definition) is 5. The van der Waals surface area contributed by atoms with Crippen LogP contribution in [0, 0.1) is 0 Å². The number of rotatable bonds is 9. The predicted molar refractivity (Wildman–Crippen MR) is 141 cm³/mol. The number of aromatic nitrogens is 1. The van der Waals surface area contributed by atoms with Gasteiger partial charge in [0.25, 0.3) is 5.91 Å². The highest BCUT2D eigenvalue weighted by Crippen LogP contribution is 2.49. The van der Waals surface area contributed by atoms with Crippen LogP contribution in [0.15, 0.2) is 42.5 Å². The maximum absolute atomic E-state index is 14.0. The molecule has 0 saturated carbocycles. The lowest BCUT2D eigenvalue weighted by Crippen LogP contribution is -2.67. The molecule has 0 aliphatic carbocycles. The highest BCUT2D eigenvalue weighted by atomic mass is 16.5. The number of H-pyrrole nitrogens is 1. The molecule has 2 amide bonds. The summed E-state index contributed by atoms with van der Waals surface area (Å²) in [5.41, 5.74) is 2.69. The van der Waals surface area contributed by atoms with Gasteiger partial charge in [0, 0.05) is 43.6 Å². The van der Waals surface area contributed by atoms with Crippen molar-refractivity contribution >= 4 is 22.7 Å². The van der Waals surface area contributed by atoms with E-state index in [0.717, 1.165) is 34.1 Å². The standard InChI is InChI=1S/C29H35N3O5/c1-5-14-37-23-12-11-19(16-24(23)36-4)21-17-32-25(33)18-31(13-8-15-35-3)28(34)29(32,2)27-26(21)20-9-6-7-10-22(20)30-27/h6-7,9-12,16,21,30H,5,8,13-15,17-18H2,1-4H3. The number of carbonyl (C=O) groups is 2. The zero-order valence-corrected chi connectivity index (χ0v) is 22.0. The Morgan fingerprint density at radius 1 is 1.08 bits per heavy atom. The fourth-order valence-corrected chi connectivity index (χ4v) is 5.79. The number of benzene rings is 2. The molecule has 1 N–H and O–H groups in total. The predicted octanol–water partition coefficient (Wildman–Crippen LogP) is 4.03. The molecule has 0 bridgehead atoms. The molecule has 0 radical (unpaired) electrons. The van der Waals surface area contributed by atoms with Crippen molar-refractivity contribution in [2.75, 3.05) is 47.1 Å². The van der Waals surface area contributed by atoms with Crippen molar-refractivity contribution in [2.45, 2.75) is 38.1 Å². The average molecular weight is 506 g/mol. The minimum atomic E-state index is -1.11. The quantitative estimate of drug-likeness (QED) is 0.444. The number of ether oxygens (including phenoxy) is 3. The second-order valence-electron chi connectivity index (χ2n) is 9.92. The molecule has 3 aromatic rings. The number of amides is 2. The molecule has 2 atom stereocenters. The van der Waals surface area contributed by atoms with Crippen LogP contribution in [-0.4, -0.2) is 73.7 Å². The zero-order chi connectivity index (χ0) is 26.2. The zero-order valence-electron chi connectivity index (χ0n) is 22.0. The Bertz CT molecular complexity index is 1320. The van der Waals surface area contributed by atoms with E-state index < -0.39 is 5.54 Å². The second-order valence-corrected chi connectivity index (χ2v) is 9.92. The molecule has 2 aromatic carbocycles. The summed E-state index contributed by atoms with van der Waals surface area (Å²) in [5.74, 6) is 1.11. The van der Waals surface area contributed by atoms with E-state index >= 15 is 0 Å². The lowest BCUT2D eigenvalue weighted by atomic mass is 9.76. The number of aromatic amines is 1. The number of piperazine rings is 1. The van der Waals surface area contributed by atoms with Gasteiger partial charge in [0.15, 0.2) is 17.0 Å². The van der Waals surface area contributed by atoms with Gasteiger partial charge in [0.2, 0.25) is 5.91 Å². The molecule has 8 heteroatoms. The number of carbonyl (C=O) groups excluding carboxylic acids is 2. The number of para-hydroxylation sites is 1. The van der Waals surface area contributed by atoms with Gasteiger partial charge in [-0.15, -0.1) is 0 Å². The lowest BCUT2D eigenvalue weighted by Gasteiger charge is -2.51. The first kappa shape index (κ1) is 25.1. The van der Waals surface area contributed by atoms with Gasteiger partial charge < -0.3 is 29.0 Å². The van der Waals surface area contributed by atoms with Crippen LogP contribution >= 0.6 is 0 Å². The van der Waals surface area contributed by atoms with E-state index in [2.05, 4.69) is 18.0 Å². The van der Waals surface area contributed by atoms with Gasteiger partial charge in [-0.25, -0.2) is 0 Å². The molecule has 1 aromatic heterocycles. The fourth-order valence-electron chi connectivity index (χ4n) is 5.79. The second kappa shape index (κ2) is 10.1. The summed E-state index contributed by atoms with van der Waals surface area (Å²) in [4.78, 5) is 34.5.